The van der Waals surface area contributed by atoms with Gasteiger partial charge in [-0.1, -0.05) is 0 Å². The Kier molecular flexibility index (Phi) is 3.88. The van der Waals surface area contributed by atoms with E-state index in [4.69, 9.17) is 4.74 Å². The average Bonchev–Trinajstić information content (AvgIpc) is 2.16. The summed E-state index contributed by atoms with van der Waals surface area (Å²) in [6.07, 6.45) is 0. The number of anilines is 2. The van der Waals surface area contributed by atoms with E-state index in [0.29, 0.717) is 17.1 Å². The molecule has 0 unspecified atom stereocenters. The van der Waals surface area contributed by atoms with Crippen molar-refractivity contribution in [3.63, 3.8) is 0 Å². The van der Waals surface area contributed by atoms with Crippen LogP contribution in [0.5, 0.6) is 5.75 Å². The van der Waals surface area contributed by atoms with Crippen molar-refractivity contribution in [1.29, 1.82) is 0 Å². The van der Waals surface area contributed by atoms with Crippen LogP contribution in [0.3, 0.4) is 0 Å². The topological polar surface area (TPSA) is 67.4 Å². The van der Waals surface area contributed by atoms with Gasteiger partial charge in [0, 0.05) is 19.5 Å². The highest BCUT2D eigenvalue weighted by atomic mass is 16.5. The van der Waals surface area contributed by atoms with E-state index in [1.807, 2.05) is 0 Å². The lowest BCUT2D eigenvalue weighted by molar-refractivity contribution is -0.115. The molecule has 0 atom stereocenters. The summed E-state index contributed by atoms with van der Waals surface area (Å²) in [5.41, 5.74) is 1.05. The number of carbonyl (C=O) groups is 2. The molecule has 0 aromatic heterocycles. The van der Waals surface area contributed by atoms with Crippen LogP contribution in [0.1, 0.15) is 13.8 Å². The number of benzene rings is 1. The van der Waals surface area contributed by atoms with Gasteiger partial charge in [-0.25, -0.2) is 0 Å². The van der Waals surface area contributed by atoms with Crippen LogP contribution in [0.15, 0.2) is 18.2 Å². The quantitative estimate of drug-likeness (QED) is 0.817. The second kappa shape index (κ2) is 5.16. The fourth-order valence-electron chi connectivity index (χ4n) is 1.22. The normalized spacial score (nSPS) is 9.44. The highest BCUT2D eigenvalue weighted by Crippen LogP contribution is 2.27. The van der Waals surface area contributed by atoms with Crippen LogP contribution in [0.4, 0.5) is 11.4 Å². The predicted molar refractivity (Wildman–Crippen MR) is 61.0 cm³/mol. The van der Waals surface area contributed by atoms with E-state index in [2.05, 4.69) is 17.7 Å². The van der Waals surface area contributed by atoms with E-state index in [1.165, 1.54) is 13.8 Å². The van der Waals surface area contributed by atoms with Crippen molar-refractivity contribution in [2.24, 2.45) is 0 Å². The fourth-order valence-corrected chi connectivity index (χ4v) is 1.22. The van der Waals surface area contributed by atoms with Crippen LogP contribution in [0.2, 0.25) is 0 Å². The SMILES string of the molecule is [CH2]Oc1ccc(NC(C)=O)cc1NC(C)=O. The van der Waals surface area contributed by atoms with Gasteiger partial charge in [-0.05, 0) is 18.2 Å². The number of hydrogen-bond donors (Lipinski definition) is 2. The lowest BCUT2D eigenvalue weighted by atomic mass is 10.2. The largest absolute Gasteiger partial charge is 0.488 e. The van der Waals surface area contributed by atoms with Gasteiger partial charge in [0.15, 0.2) is 0 Å². The molecule has 1 radical (unpaired) electrons. The number of carbonyl (C=O) groups excluding carboxylic acids is 2. The first-order valence-corrected chi connectivity index (χ1v) is 4.64. The molecule has 0 aliphatic carbocycles. The summed E-state index contributed by atoms with van der Waals surface area (Å²) in [6, 6.07) is 4.88. The number of hydrogen-bond acceptors (Lipinski definition) is 3. The Morgan fingerprint density at radius 1 is 1.19 bits per heavy atom. The lowest BCUT2D eigenvalue weighted by Crippen LogP contribution is -2.09. The van der Waals surface area contributed by atoms with Crippen molar-refractivity contribution in [3.8, 4) is 5.75 Å². The summed E-state index contributed by atoms with van der Waals surface area (Å²) in [4.78, 5) is 21.8. The number of rotatable bonds is 3. The smallest absolute Gasteiger partial charge is 0.221 e. The van der Waals surface area contributed by atoms with Crippen molar-refractivity contribution in [2.75, 3.05) is 10.6 Å². The highest BCUT2D eigenvalue weighted by Gasteiger charge is 2.06. The van der Waals surface area contributed by atoms with Gasteiger partial charge in [0.2, 0.25) is 11.8 Å². The highest BCUT2D eigenvalue weighted by molar-refractivity contribution is 5.93. The lowest BCUT2D eigenvalue weighted by Gasteiger charge is -2.10. The molecule has 0 saturated heterocycles. The summed E-state index contributed by atoms with van der Waals surface area (Å²) in [5, 5.41) is 5.19. The third-order valence-corrected chi connectivity index (χ3v) is 1.77. The Morgan fingerprint density at radius 3 is 2.31 bits per heavy atom. The maximum absolute atomic E-state index is 10.9. The molecule has 85 valence electrons. The Labute approximate surface area is 93.8 Å². The molecule has 0 fully saturated rings. The molecule has 2 amide bonds. The van der Waals surface area contributed by atoms with E-state index in [9.17, 15) is 9.59 Å². The minimum Gasteiger partial charge on any atom is -0.488 e. The molecule has 1 aromatic rings. The van der Waals surface area contributed by atoms with E-state index in [0.717, 1.165) is 0 Å². The van der Waals surface area contributed by atoms with Crippen LogP contribution in [-0.2, 0) is 9.59 Å². The third-order valence-electron chi connectivity index (χ3n) is 1.77. The first-order valence-electron chi connectivity index (χ1n) is 4.64. The van der Waals surface area contributed by atoms with Gasteiger partial charge >= 0.3 is 0 Å². The minimum atomic E-state index is -0.224. The molecular weight excluding hydrogens is 208 g/mol. The Morgan fingerprint density at radius 2 is 1.81 bits per heavy atom. The summed E-state index contributed by atoms with van der Waals surface area (Å²) < 4.78 is 4.83. The van der Waals surface area contributed by atoms with E-state index in [-0.39, 0.29) is 11.8 Å². The summed E-state index contributed by atoms with van der Waals surface area (Å²) in [5.74, 6) is 0.0274. The van der Waals surface area contributed by atoms with Crippen LogP contribution >= 0.6 is 0 Å². The molecule has 5 heteroatoms. The Bertz CT molecular complexity index is 416. The zero-order valence-corrected chi connectivity index (χ0v) is 9.16. The van der Waals surface area contributed by atoms with Gasteiger partial charge in [-0.2, -0.15) is 0 Å². The second-order valence-electron chi connectivity index (χ2n) is 3.22. The van der Waals surface area contributed by atoms with Gasteiger partial charge in [0.05, 0.1) is 5.69 Å². The minimum absolute atomic E-state index is 0.183. The second-order valence-corrected chi connectivity index (χ2v) is 3.22. The van der Waals surface area contributed by atoms with Crippen LogP contribution in [0.25, 0.3) is 0 Å². The molecule has 2 N–H and O–H groups in total. The third kappa shape index (κ3) is 3.27. The van der Waals surface area contributed by atoms with Crippen molar-refractivity contribution in [3.05, 3.63) is 25.3 Å². The maximum Gasteiger partial charge on any atom is 0.221 e. The maximum atomic E-state index is 10.9. The van der Waals surface area contributed by atoms with E-state index in [1.54, 1.807) is 18.2 Å². The van der Waals surface area contributed by atoms with Gasteiger partial charge in [0.1, 0.15) is 12.9 Å². The van der Waals surface area contributed by atoms with E-state index >= 15 is 0 Å². The number of amides is 2. The van der Waals surface area contributed by atoms with Crippen molar-refractivity contribution < 1.29 is 14.3 Å². The summed E-state index contributed by atoms with van der Waals surface area (Å²) >= 11 is 0. The van der Waals surface area contributed by atoms with Gasteiger partial charge in [0.25, 0.3) is 0 Å². The molecule has 5 nitrogen and oxygen atoms in total. The van der Waals surface area contributed by atoms with Gasteiger partial charge < -0.3 is 15.4 Å². The van der Waals surface area contributed by atoms with Gasteiger partial charge in [-0.15, -0.1) is 0 Å². The predicted octanol–water partition coefficient (Wildman–Crippen LogP) is 1.77. The average molecular weight is 221 g/mol. The fraction of sp³-hybridized carbons (Fsp3) is 0.182. The molecule has 0 spiro atoms. The molecule has 1 rings (SSSR count). The molecule has 0 aliphatic heterocycles. The standard InChI is InChI=1S/C11H13N2O3/c1-7(14)12-9-4-5-11(16-3)10(6-9)13-8(2)15/h4-6H,3H2,1-2H3,(H,12,14)(H,13,15). The summed E-state index contributed by atoms with van der Waals surface area (Å²) in [6.45, 7) is 2.79. The molecule has 0 aliphatic rings. The monoisotopic (exact) mass is 221 g/mol. The van der Waals surface area contributed by atoms with Gasteiger partial charge in [-0.3, -0.25) is 9.59 Å². The first-order chi connectivity index (χ1) is 7.52. The number of ether oxygens (including phenoxy) is 1. The Balaban J connectivity index is 3.00. The van der Waals surface area contributed by atoms with E-state index < -0.39 is 0 Å². The molecule has 1 aromatic carbocycles. The van der Waals surface area contributed by atoms with Crippen LogP contribution in [0, 0.1) is 7.11 Å². The van der Waals surface area contributed by atoms with Crippen LogP contribution in [-0.4, -0.2) is 11.8 Å². The van der Waals surface area contributed by atoms with Crippen LogP contribution < -0.4 is 15.4 Å². The van der Waals surface area contributed by atoms with Crippen molar-refractivity contribution in [2.45, 2.75) is 13.8 Å². The molecule has 0 heterocycles. The molecule has 16 heavy (non-hydrogen) atoms. The number of nitrogens with one attached hydrogen (secondary N) is 2. The van der Waals surface area contributed by atoms with Crippen molar-refractivity contribution >= 4 is 23.2 Å². The zero-order chi connectivity index (χ0) is 12.1. The zero-order valence-electron chi connectivity index (χ0n) is 9.16. The first kappa shape index (κ1) is 12.0. The molecule has 0 bridgehead atoms. The van der Waals surface area contributed by atoms with Crippen molar-refractivity contribution in [1.82, 2.24) is 0 Å². The molecular formula is C11H13N2O3. The molecule has 0 saturated carbocycles. The Hall–Kier alpha value is -2.04. The summed E-state index contributed by atoms with van der Waals surface area (Å²) in [7, 11) is 3.28.